The maximum Gasteiger partial charge on any atom is 0.508 e. The number of hydrogen-bond acceptors (Lipinski definition) is 14. The van der Waals surface area contributed by atoms with Crippen molar-refractivity contribution in [3.63, 3.8) is 0 Å². The molecule has 0 spiro atoms. The van der Waals surface area contributed by atoms with Crippen molar-refractivity contribution in [2.45, 2.75) is 223 Å². The first-order valence-electron chi connectivity index (χ1n) is 31.4. The van der Waals surface area contributed by atoms with E-state index in [1.54, 1.807) is 60.6 Å². The molecule has 1 heterocycles. The van der Waals surface area contributed by atoms with E-state index in [1.807, 2.05) is 55.4 Å². The van der Waals surface area contributed by atoms with Gasteiger partial charge in [-0.15, -0.1) is 0 Å². The summed E-state index contributed by atoms with van der Waals surface area (Å²) in [5, 5.41) is 11.0. The van der Waals surface area contributed by atoms with Crippen LogP contribution in [0.4, 0.5) is 4.79 Å². The van der Waals surface area contributed by atoms with Gasteiger partial charge in [0, 0.05) is 49.3 Å². The van der Waals surface area contributed by atoms with Gasteiger partial charge in [0.2, 0.25) is 65.0 Å². The van der Waals surface area contributed by atoms with E-state index in [9.17, 15) is 38.4 Å². The minimum Gasteiger partial charge on any atom is -0.431 e. The second-order valence-electron chi connectivity index (χ2n) is 26.6. The Morgan fingerprint density at radius 1 is 0.506 bits per heavy atom. The standard InChI is InChI=1S/C64H112N11O14/c1-26-28-29-41(15)53(89-64(87)88-25)52-57(80)67-44(27-2)59(82)69(18)34-49(76)70(19)45(30-35(3)4)56(79)68-50(39(11)12)62(85)71(20)46(31-36(5)6)55(78)65-42(16)54(77)66-43(17)58(81)72(21)47(32-37(7)8)60(83)73(22)48(33-38(9)10)61(84)74(23)51(40(13)14)63(86)75(52)24/h26,28,35-48,50-53H,25,27,29-34H2,1-24H3,(H,65,78)(H,66,77)(H,67,80)(H,68,79)/b28-26+/t41-,42?,43?,44?,45+,46-,47?,48?,50?,51-,52?,53?/m1/s1. The lowest BCUT2D eigenvalue weighted by atomic mass is 9.91. The molecule has 0 aromatic carbocycles. The number of carbonyl (C=O) groups is 12. The summed E-state index contributed by atoms with van der Waals surface area (Å²) in [4.78, 5) is 183. The number of rotatable bonds is 16. The van der Waals surface area contributed by atoms with E-state index in [1.165, 1.54) is 87.7 Å². The predicted molar refractivity (Wildman–Crippen MR) is 339 cm³/mol. The maximum absolute atomic E-state index is 15.4. The second kappa shape index (κ2) is 36.7. The Balaban J connectivity index is 4.46. The van der Waals surface area contributed by atoms with Gasteiger partial charge in [-0.05, 0) is 101 Å². The molecule has 8 unspecified atom stereocenters. The highest BCUT2D eigenvalue weighted by Gasteiger charge is 2.47. The van der Waals surface area contributed by atoms with Crippen molar-refractivity contribution in [2.75, 3.05) is 55.9 Å². The molecule has 4 N–H and O–H groups in total. The number of hydrogen-bond donors (Lipinski definition) is 4. The van der Waals surface area contributed by atoms with Gasteiger partial charge in [0.1, 0.15) is 73.6 Å². The summed E-state index contributed by atoms with van der Waals surface area (Å²) in [6.45, 7) is 29.0. The van der Waals surface area contributed by atoms with Crippen molar-refractivity contribution in [3.05, 3.63) is 19.3 Å². The topological polar surface area (TPSA) is 294 Å². The summed E-state index contributed by atoms with van der Waals surface area (Å²) in [5.74, 6) is -10.4. The zero-order valence-corrected chi connectivity index (χ0v) is 58.0. The van der Waals surface area contributed by atoms with Crippen molar-refractivity contribution in [1.82, 2.24) is 55.6 Å². The van der Waals surface area contributed by atoms with Gasteiger partial charge in [0.25, 0.3) is 0 Å². The van der Waals surface area contributed by atoms with E-state index >= 15 is 19.2 Å². The highest BCUT2D eigenvalue weighted by atomic mass is 16.7. The second-order valence-corrected chi connectivity index (χ2v) is 26.6. The minimum absolute atomic E-state index is 0.0363. The van der Waals surface area contributed by atoms with E-state index in [4.69, 9.17) is 4.74 Å². The molecule has 1 aliphatic heterocycles. The van der Waals surface area contributed by atoms with Gasteiger partial charge in [0.05, 0.1) is 6.54 Å². The van der Waals surface area contributed by atoms with Crippen LogP contribution in [0.1, 0.15) is 156 Å². The van der Waals surface area contributed by atoms with Gasteiger partial charge in [0.15, 0.2) is 0 Å². The third kappa shape index (κ3) is 22.9. The zero-order chi connectivity index (χ0) is 69.0. The SMILES string of the molecule is [CH2]OC(=O)OC(C1C(=O)NC(CC)C(=O)N(C)CC(=O)N(C)[C@@H](CC(C)C)C(=O)NC(C(C)C)C(=O)N(C)[C@H](CC(C)C)C(=O)NC(C)C(=O)NC(C)C(=O)N(C)C(CC(C)C)C(=O)N(C)C(CC(C)C)C(=O)N(C)[C@H](C(C)C)C(=O)N1C)[C@H](C)C/C=C/C. The quantitative estimate of drug-likeness (QED) is 0.124. The smallest absolute Gasteiger partial charge is 0.431 e. The molecule has 0 saturated carbocycles. The molecule has 12 atom stereocenters. The molecule has 25 heteroatoms. The van der Waals surface area contributed by atoms with E-state index in [-0.39, 0.29) is 62.2 Å². The van der Waals surface area contributed by atoms with Crippen molar-refractivity contribution in [2.24, 2.45) is 41.4 Å². The Labute approximate surface area is 531 Å². The van der Waals surface area contributed by atoms with Gasteiger partial charge in [-0.3, -0.25) is 52.7 Å². The molecular weight excluding hydrogens is 1150 g/mol. The zero-order valence-electron chi connectivity index (χ0n) is 58.0. The molecule has 0 aliphatic carbocycles. The molecule has 1 aliphatic rings. The fourth-order valence-corrected chi connectivity index (χ4v) is 11.0. The summed E-state index contributed by atoms with van der Waals surface area (Å²) in [7, 11) is 12.9. The molecule has 89 heavy (non-hydrogen) atoms. The van der Waals surface area contributed by atoms with Gasteiger partial charge < -0.3 is 65.0 Å². The third-order valence-electron chi connectivity index (χ3n) is 16.4. The van der Waals surface area contributed by atoms with E-state index in [0.29, 0.717) is 0 Å². The number of nitrogens with one attached hydrogen (secondary N) is 4. The number of ether oxygens (including phenoxy) is 2. The van der Waals surface area contributed by atoms with Crippen molar-refractivity contribution in [1.29, 1.82) is 0 Å². The normalized spacial score (nSPS) is 26.1. The lowest BCUT2D eigenvalue weighted by Gasteiger charge is -2.42. The van der Waals surface area contributed by atoms with Crippen molar-refractivity contribution < 1.29 is 67.0 Å². The average Bonchev–Trinajstić information content (AvgIpc) is 2.55. The summed E-state index contributed by atoms with van der Waals surface area (Å²) in [6, 6.07) is -12.8. The molecule has 11 amide bonds. The van der Waals surface area contributed by atoms with Crippen LogP contribution in [0.25, 0.3) is 0 Å². The van der Waals surface area contributed by atoms with Crippen LogP contribution < -0.4 is 21.3 Å². The Morgan fingerprint density at radius 2 is 0.933 bits per heavy atom. The number of amides is 11. The average molecular weight is 1260 g/mol. The van der Waals surface area contributed by atoms with Gasteiger partial charge in [-0.1, -0.05) is 109 Å². The van der Waals surface area contributed by atoms with Gasteiger partial charge >= 0.3 is 6.16 Å². The molecule has 25 nitrogen and oxygen atoms in total. The fourth-order valence-electron chi connectivity index (χ4n) is 11.0. The first-order chi connectivity index (χ1) is 41.1. The lowest BCUT2D eigenvalue weighted by Crippen LogP contribution is -2.64. The Kier molecular flexibility index (Phi) is 33.1. The summed E-state index contributed by atoms with van der Waals surface area (Å²) in [5.41, 5.74) is 0. The van der Waals surface area contributed by atoms with Crippen LogP contribution in [0, 0.1) is 48.5 Å². The van der Waals surface area contributed by atoms with Crippen LogP contribution in [0.15, 0.2) is 12.2 Å². The van der Waals surface area contributed by atoms with Crippen LogP contribution in [0.3, 0.4) is 0 Å². The van der Waals surface area contributed by atoms with Crippen molar-refractivity contribution >= 4 is 71.1 Å². The molecule has 0 aromatic heterocycles. The fraction of sp³-hybridized carbons (Fsp3) is 0.766. The van der Waals surface area contributed by atoms with E-state index in [2.05, 4.69) is 33.1 Å². The van der Waals surface area contributed by atoms with Crippen LogP contribution in [0.5, 0.6) is 0 Å². The highest BCUT2D eigenvalue weighted by Crippen LogP contribution is 2.27. The Hall–Kier alpha value is -6.82. The molecule has 1 rings (SSSR count). The first kappa shape index (κ1) is 80.2. The largest absolute Gasteiger partial charge is 0.508 e. The van der Waals surface area contributed by atoms with Crippen LogP contribution in [-0.2, 0) is 62.2 Å². The molecule has 1 radical (unpaired) electrons. The number of allylic oxidation sites excluding steroid dienone is 2. The third-order valence-corrected chi connectivity index (χ3v) is 16.4. The molecule has 1 saturated heterocycles. The Bertz CT molecular complexity index is 2470. The van der Waals surface area contributed by atoms with Crippen LogP contribution >= 0.6 is 0 Å². The molecular formula is C64H112N11O14. The van der Waals surface area contributed by atoms with Gasteiger partial charge in [-0.25, -0.2) is 4.79 Å². The minimum atomic E-state index is -1.71. The molecule has 507 valence electrons. The lowest BCUT2D eigenvalue weighted by molar-refractivity contribution is -0.158. The number of likely N-dealkylation sites (N-methyl/N-ethyl adjacent to an activating group) is 7. The monoisotopic (exact) mass is 1260 g/mol. The van der Waals surface area contributed by atoms with E-state index < -0.39 is 162 Å². The first-order valence-corrected chi connectivity index (χ1v) is 31.4. The van der Waals surface area contributed by atoms with E-state index in [0.717, 1.165) is 9.80 Å². The summed E-state index contributed by atoms with van der Waals surface area (Å²) in [6.07, 6.45) is 1.47. The number of nitrogens with zero attached hydrogens (tertiary/aromatic N) is 7. The summed E-state index contributed by atoms with van der Waals surface area (Å²) >= 11 is 0. The van der Waals surface area contributed by atoms with Crippen LogP contribution in [0.2, 0.25) is 0 Å². The Morgan fingerprint density at radius 3 is 1.38 bits per heavy atom. The molecule has 0 bridgehead atoms. The predicted octanol–water partition coefficient (Wildman–Crippen LogP) is 4.22. The molecule has 1 fully saturated rings. The van der Waals surface area contributed by atoms with Crippen molar-refractivity contribution in [3.8, 4) is 0 Å². The van der Waals surface area contributed by atoms with Crippen LogP contribution in [-0.4, -0.2) is 228 Å². The van der Waals surface area contributed by atoms with Gasteiger partial charge in [-0.2, -0.15) is 0 Å². The summed E-state index contributed by atoms with van der Waals surface area (Å²) < 4.78 is 10.5. The maximum atomic E-state index is 15.4. The highest BCUT2D eigenvalue weighted by molar-refractivity contribution is 5.99. The number of carbonyl (C=O) groups excluding carboxylic acids is 12. The molecule has 0 aromatic rings.